The van der Waals surface area contributed by atoms with Gasteiger partial charge in [-0.25, -0.2) is 0 Å². The number of furan rings is 1. The summed E-state index contributed by atoms with van der Waals surface area (Å²) in [6, 6.07) is 3.19. The molecule has 0 unspecified atom stereocenters. The molecule has 3 nitrogen and oxygen atoms in total. The third kappa shape index (κ3) is 1.37. The minimum atomic E-state index is 0.295. The van der Waals surface area contributed by atoms with Crippen molar-refractivity contribution in [1.82, 2.24) is 0 Å². The van der Waals surface area contributed by atoms with Crippen molar-refractivity contribution in [1.29, 1.82) is 0 Å². The third-order valence-electron chi connectivity index (χ3n) is 1.00. The van der Waals surface area contributed by atoms with E-state index >= 15 is 0 Å². The predicted molar refractivity (Wildman–Crippen MR) is 35.3 cm³/mol. The Morgan fingerprint density at radius 1 is 1.70 bits per heavy atom. The first-order valence-corrected chi connectivity index (χ1v) is 3.04. The van der Waals surface area contributed by atoms with E-state index in [9.17, 15) is 4.79 Å². The fraction of sp³-hybridized carbons (Fsp3) is 0.286. The molecule has 1 aromatic rings. The van der Waals surface area contributed by atoms with E-state index in [0.717, 1.165) is 0 Å². The average Bonchev–Trinajstić information content (AvgIpc) is 2.37. The molecule has 3 heteroatoms. The lowest BCUT2D eigenvalue weighted by Crippen LogP contribution is -1.88. The summed E-state index contributed by atoms with van der Waals surface area (Å²) >= 11 is 0. The molecule has 1 aromatic heterocycles. The number of aldehydes is 1. The Morgan fingerprint density at radius 2 is 2.50 bits per heavy atom. The highest BCUT2D eigenvalue weighted by molar-refractivity contribution is 5.70. The second kappa shape index (κ2) is 3.06. The number of hydrogen-bond acceptors (Lipinski definition) is 3. The van der Waals surface area contributed by atoms with Crippen molar-refractivity contribution in [3.8, 4) is 5.95 Å². The Bertz CT molecular complexity index is 214. The van der Waals surface area contributed by atoms with Crippen LogP contribution in [0.15, 0.2) is 16.5 Å². The highest BCUT2D eigenvalue weighted by Crippen LogP contribution is 2.13. The second-order valence-electron chi connectivity index (χ2n) is 1.71. The monoisotopic (exact) mass is 140 g/mol. The maximum absolute atomic E-state index is 10.1. The van der Waals surface area contributed by atoms with Gasteiger partial charge in [0.1, 0.15) is 0 Å². The summed E-state index contributed by atoms with van der Waals surface area (Å²) in [7, 11) is 0. The molecule has 0 saturated heterocycles. The largest absolute Gasteiger partial charge is 0.465 e. The van der Waals surface area contributed by atoms with Gasteiger partial charge in [-0.2, -0.15) is 0 Å². The van der Waals surface area contributed by atoms with E-state index in [1.54, 1.807) is 12.1 Å². The molecule has 0 aliphatic heterocycles. The van der Waals surface area contributed by atoms with E-state index in [2.05, 4.69) is 0 Å². The summed E-state index contributed by atoms with van der Waals surface area (Å²) in [5.41, 5.74) is 0. The van der Waals surface area contributed by atoms with Crippen molar-refractivity contribution in [2.75, 3.05) is 6.61 Å². The first-order chi connectivity index (χ1) is 4.86. The smallest absolute Gasteiger partial charge is 0.284 e. The van der Waals surface area contributed by atoms with Crippen LogP contribution in [0.4, 0.5) is 0 Å². The minimum Gasteiger partial charge on any atom is -0.465 e. The van der Waals surface area contributed by atoms with Gasteiger partial charge in [-0.1, -0.05) is 0 Å². The first kappa shape index (κ1) is 6.86. The van der Waals surface area contributed by atoms with Crippen LogP contribution in [-0.2, 0) is 0 Å². The van der Waals surface area contributed by atoms with Crippen LogP contribution >= 0.6 is 0 Å². The lowest BCUT2D eigenvalue weighted by molar-refractivity contribution is 0.109. The maximum atomic E-state index is 10.1. The molecule has 0 spiro atoms. The van der Waals surface area contributed by atoms with Gasteiger partial charge in [0.2, 0.25) is 0 Å². The van der Waals surface area contributed by atoms with Crippen LogP contribution in [0.25, 0.3) is 0 Å². The van der Waals surface area contributed by atoms with E-state index < -0.39 is 0 Å². The van der Waals surface area contributed by atoms with Gasteiger partial charge in [-0.15, -0.1) is 0 Å². The van der Waals surface area contributed by atoms with E-state index in [-0.39, 0.29) is 0 Å². The molecule has 0 N–H and O–H groups in total. The Morgan fingerprint density at radius 3 is 3.00 bits per heavy atom. The van der Waals surface area contributed by atoms with Crippen molar-refractivity contribution in [2.24, 2.45) is 0 Å². The second-order valence-corrected chi connectivity index (χ2v) is 1.71. The lowest BCUT2D eigenvalue weighted by Gasteiger charge is -1.93. The molecule has 10 heavy (non-hydrogen) atoms. The summed E-state index contributed by atoms with van der Waals surface area (Å²) in [5, 5.41) is 0. The van der Waals surface area contributed by atoms with Gasteiger partial charge in [-0.3, -0.25) is 4.79 Å². The van der Waals surface area contributed by atoms with Crippen LogP contribution in [0.1, 0.15) is 17.5 Å². The van der Waals surface area contributed by atoms with Crippen molar-refractivity contribution < 1.29 is 13.9 Å². The summed E-state index contributed by atoms with van der Waals surface area (Å²) in [5.74, 6) is 0.688. The molecule has 0 atom stereocenters. The van der Waals surface area contributed by atoms with Crippen molar-refractivity contribution in [3.05, 3.63) is 17.9 Å². The molecule has 0 aromatic carbocycles. The van der Waals surface area contributed by atoms with Crippen molar-refractivity contribution in [2.45, 2.75) is 6.92 Å². The molecule has 0 aliphatic carbocycles. The van der Waals surface area contributed by atoms with Crippen LogP contribution in [0.3, 0.4) is 0 Å². The molecular formula is C7H8O3. The van der Waals surface area contributed by atoms with Crippen LogP contribution < -0.4 is 4.74 Å². The fourth-order valence-electron chi connectivity index (χ4n) is 0.618. The van der Waals surface area contributed by atoms with Gasteiger partial charge in [0.15, 0.2) is 12.0 Å². The molecule has 1 heterocycles. The Labute approximate surface area is 58.6 Å². The van der Waals surface area contributed by atoms with Gasteiger partial charge in [-0.05, 0) is 13.0 Å². The Balaban J connectivity index is 2.68. The quantitative estimate of drug-likeness (QED) is 0.597. The van der Waals surface area contributed by atoms with Crippen molar-refractivity contribution in [3.63, 3.8) is 0 Å². The molecule has 54 valence electrons. The molecular weight excluding hydrogens is 132 g/mol. The van der Waals surface area contributed by atoms with E-state index in [0.29, 0.717) is 24.6 Å². The zero-order valence-corrected chi connectivity index (χ0v) is 5.66. The zero-order chi connectivity index (χ0) is 7.40. The molecule has 0 fully saturated rings. The van der Waals surface area contributed by atoms with Crippen LogP contribution in [0.2, 0.25) is 0 Å². The van der Waals surface area contributed by atoms with E-state index in [4.69, 9.17) is 9.15 Å². The fourth-order valence-corrected chi connectivity index (χ4v) is 0.618. The normalized spacial score (nSPS) is 9.30. The minimum absolute atomic E-state index is 0.295. The number of ether oxygens (including phenoxy) is 1. The molecule has 0 saturated carbocycles. The Hall–Kier alpha value is -1.25. The number of rotatable bonds is 3. The standard InChI is InChI=1S/C7H8O3/c1-2-9-7-4-3-6(5-8)10-7/h3-5H,2H2,1H3. The summed E-state index contributed by atoms with van der Waals surface area (Å²) in [6.45, 7) is 2.40. The van der Waals surface area contributed by atoms with Crippen molar-refractivity contribution >= 4 is 6.29 Å². The van der Waals surface area contributed by atoms with Gasteiger partial charge in [0.05, 0.1) is 6.61 Å². The topological polar surface area (TPSA) is 39.4 Å². The molecule has 0 amide bonds. The van der Waals surface area contributed by atoms with Gasteiger partial charge in [0.25, 0.3) is 5.95 Å². The highest BCUT2D eigenvalue weighted by Gasteiger charge is 1.98. The third-order valence-corrected chi connectivity index (χ3v) is 1.00. The number of hydrogen-bond donors (Lipinski definition) is 0. The van der Waals surface area contributed by atoms with E-state index in [1.807, 2.05) is 6.92 Å². The van der Waals surface area contributed by atoms with Gasteiger partial charge < -0.3 is 9.15 Å². The number of carbonyl (C=O) groups excluding carboxylic acids is 1. The Kier molecular flexibility index (Phi) is 2.10. The molecule has 1 rings (SSSR count). The number of carbonyl (C=O) groups is 1. The van der Waals surface area contributed by atoms with E-state index in [1.165, 1.54) is 0 Å². The predicted octanol–water partition coefficient (Wildman–Crippen LogP) is 1.49. The summed E-state index contributed by atoms with van der Waals surface area (Å²) < 4.78 is 9.85. The SMILES string of the molecule is CCOc1ccc(C=O)o1. The molecule has 0 aliphatic rings. The molecule has 0 bridgehead atoms. The molecule has 0 radical (unpaired) electrons. The van der Waals surface area contributed by atoms with Crippen LogP contribution in [0, 0.1) is 0 Å². The van der Waals surface area contributed by atoms with Crippen LogP contribution in [0.5, 0.6) is 5.95 Å². The van der Waals surface area contributed by atoms with Crippen LogP contribution in [-0.4, -0.2) is 12.9 Å². The van der Waals surface area contributed by atoms with Gasteiger partial charge in [0, 0.05) is 6.07 Å². The van der Waals surface area contributed by atoms with Gasteiger partial charge >= 0.3 is 0 Å². The summed E-state index contributed by atoms with van der Waals surface area (Å²) in [6.07, 6.45) is 0.641. The maximum Gasteiger partial charge on any atom is 0.284 e. The lowest BCUT2D eigenvalue weighted by atomic mass is 10.5. The average molecular weight is 140 g/mol. The summed E-state index contributed by atoms with van der Waals surface area (Å²) in [4.78, 5) is 10.1. The first-order valence-electron chi connectivity index (χ1n) is 3.04. The zero-order valence-electron chi connectivity index (χ0n) is 5.66. The highest BCUT2D eigenvalue weighted by atomic mass is 16.6.